The summed E-state index contributed by atoms with van der Waals surface area (Å²) in [5, 5.41) is 0. The van der Waals surface area contributed by atoms with Crippen molar-refractivity contribution in [2.45, 2.75) is 26.3 Å². The Morgan fingerprint density at radius 2 is 2.06 bits per heavy atom. The molecule has 0 aliphatic rings. The molecule has 3 nitrogen and oxygen atoms in total. The van der Waals surface area contributed by atoms with Crippen LogP contribution in [0.3, 0.4) is 0 Å². The van der Waals surface area contributed by atoms with Crippen molar-refractivity contribution >= 4 is 0 Å². The molecule has 1 aromatic rings. The van der Waals surface area contributed by atoms with E-state index in [0.29, 0.717) is 6.61 Å². The Hall–Kier alpha value is -1.06. The van der Waals surface area contributed by atoms with Crippen molar-refractivity contribution in [1.29, 1.82) is 0 Å². The van der Waals surface area contributed by atoms with Gasteiger partial charge in [-0.3, -0.25) is 0 Å². The molecule has 1 aromatic carbocycles. The van der Waals surface area contributed by atoms with E-state index in [9.17, 15) is 0 Å². The fourth-order valence-corrected chi connectivity index (χ4v) is 1.50. The van der Waals surface area contributed by atoms with E-state index in [1.807, 2.05) is 26.0 Å². The Labute approximate surface area is 97.6 Å². The first-order valence-corrected chi connectivity index (χ1v) is 5.63. The summed E-state index contributed by atoms with van der Waals surface area (Å²) in [6.07, 6.45) is 0.908. The van der Waals surface area contributed by atoms with Crippen LogP contribution in [-0.2, 0) is 4.74 Å². The third kappa shape index (κ3) is 3.83. The Balaban J connectivity index is 2.54. The summed E-state index contributed by atoms with van der Waals surface area (Å²) < 4.78 is 10.6. The molecule has 1 atom stereocenters. The summed E-state index contributed by atoms with van der Waals surface area (Å²) in [6.45, 7) is 5.44. The fourth-order valence-electron chi connectivity index (χ4n) is 1.50. The van der Waals surface area contributed by atoms with Crippen LogP contribution in [-0.4, -0.2) is 20.3 Å². The lowest BCUT2D eigenvalue weighted by atomic mass is 10.1. The normalized spacial score (nSPS) is 12.5. The lowest BCUT2D eigenvalue weighted by Crippen LogP contribution is -2.06. The molecule has 0 radical (unpaired) electrons. The minimum atomic E-state index is 0.0706. The number of hydrogen-bond donors (Lipinski definition) is 1. The number of hydrogen-bond acceptors (Lipinski definition) is 3. The van der Waals surface area contributed by atoms with E-state index in [0.717, 1.165) is 29.9 Å². The van der Waals surface area contributed by atoms with Crippen molar-refractivity contribution in [3.05, 3.63) is 29.3 Å². The number of benzene rings is 1. The molecule has 2 N–H and O–H groups in total. The van der Waals surface area contributed by atoms with E-state index in [2.05, 4.69) is 6.07 Å². The molecule has 0 bridgehead atoms. The zero-order valence-corrected chi connectivity index (χ0v) is 10.3. The van der Waals surface area contributed by atoms with Gasteiger partial charge in [0, 0.05) is 26.2 Å². The summed E-state index contributed by atoms with van der Waals surface area (Å²) in [5.74, 6) is 0.931. The molecule has 0 aromatic heterocycles. The molecule has 0 saturated heterocycles. The van der Waals surface area contributed by atoms with E-state index < -0.39 is 0 Å². The highest BCUT2D eigenvalue weighted by Gasteiger charge is 2.04. The van der Waals surface area contributed by atoms with Gasteiger partial charge in [0.2, 0.25) is 0 Å². The van der Waals surface area contributed by atoms with Gasteiger partial charge in [-0.1, -0.05) is 12.1 Å². The zero-order valence-electron chi connectivity index (χ0n) is 10.3. The molecule has 0 saturated carbocycles. The largest absolute Gasteiger partial charge is 0.493 e. The van der Waals surface area contributed by atoms with Crippen molar-refractivity contribution in [2.24, 2.45) is 5.73 Å². The monoisotopic (exact) mass is 223 g/mol. The van der Waals surface area contributed by atoms with Crippen LogP contribution in [0.15, 0.2) is 18.2 Å². The van der Waals surface area contributed by atoms with Gasteiger partial charge in [0.25, 0.3) is 0 Å². The number of rotatable bonds is 6. The molecular weight excluding hydrogens is 202 g/mol. The lowest BCUT2D eigenvalue weighted by molar-refractivity contribution is 0.172. The molecule has 0 unspecified atom stereocenters. The maximum atomic E-state index is 5.82. The topological polar surface area (TPSA) is 44.5 Å². The molecule has 0 amide bonds. The standard InChI is InChI=1S/C13H21NO2/c1-10-9-12(11(2)14)5-6-13(10)16-8-4-7-15-3/h5-6,9,11H,4,7-8,14H2,1-3H3/t11-/m1/s1. The van der Waals surface area contributed by atoms with Gasteiger partial charge in [-0.15, -0.1) is 0 Å². The highest BCUT2D eigenvalue weighted by molar-refractivity contribution is 5.37. The molecule has 1 rings (SSSR count). The Morgan fingerprint density at radius 3 is 2.62 bits per heavy atom. The molecule has 0 heterocycles. The van der Waals surface area contributed by atoms with Gasteiger partial charge in [0.05, 0.1) is 6.61 Å². The van der Waals surface area contributed by atoms with Crippen molar-refractivity contribution in [2.75, 3.05) is 20.3 Å². The van der Waals surface area contributed by atoms with Crippen molar-refractivity contribution in [3.8, 4) is 5.75 Å². The van der Waals surface area contributed by atoms with Crippen LogP contribution in [0.5, 0.6) is 5.75 Å². The molecule has 0 spiro atoms. The maximum absolute atomic E-state index is 5.82. The van der Waals surface area contributed by atoms with Crippen LogP contribution in [0.2, 0.25) is 0 Å². The van der Waals surface area contributed by atoms with Crippen LogP contribution in [0.1, 0.15) is 30.5 Å². The molecule has 0 aliphatic carbocycles. The highest BCUT2D eigenvalue weighted by atomic mass is 16.5. The predicted octanol–water partition coefficient (Wildman–Crippen LogP) is 2.43. The number of methoxy groups -OCH3 is 1. The summed E-state index contributed by atoms with van der Waals surface area (Å²) in [6, 6.07) is 6.15. The third-order valence-corrected chi connectivity index (χ3v) is 2.48. The smallest absolute Gasteiger partial charge is 0.122 e. The average Bonchev–Trinajstić information content (AvgIpc) is 2.26. The molecule has 0 aliphatic heterocycles. The fraction of sp³-hybridized carbons (Fsp3) is 0.538. The zero-order chi connectivity index (χ0) is 12.0. The van der Waals surface area contributed by atoms with Crippen LogP contribution in [0.25, 0.3) is 0 Å². The van der Waals surface area contributed by atoms with Gasteiger partial charge in [0.15, 0.2) is 0 Å². The first-order chi connectivity index (χ1) is 7.65. The second kappa shape index (κ2) is 6.51. The summed E-state index contributed by atoms with van der Waals surface area (Å²) >= 11 is 0. The molecule has 16 heavy (non-hydrogen) atoms. The molecule has 3 heteroatoms. The van der Waals surface area contributed by atoms with E-state index in [1.165, 1.54) is 0 Å². The average molecular weight is 223 g/mol. The van der Waals surface area contributed by atoms with E-state index >= 15 is 0 Å². The van der Waals surface area contributed by atoms with Crippen molar-refractivity contribution < 1.29 is 9.47 Å². The van der Waals surface area contributed by atoms with Gasteiger partial charge < -0.3 is 15.2 Å². The van der Waals surface area contributed by atoms with Crippen LogP contribution >= 0.6 is 0 Å². The summed E-state index contributed by atoms with van der Waals surface area (Å²) in [4.78, 5) is 0. The van der Waals surface area contributed by atoms with Crippen LogP contribution in [0, 0.1) is 6.92 Å². The van der Waals surface area contributed by atoms with E-state index in [1.54, 1.807) is 7.11 Å². The Kier molecular flexibility index (Phi) is 5.29. The lowest BCUT2D eigenvalue weighted by Gasteiger charge is -2.12. The third-order valence-electron chi connectivity index (χ3n) is 2.48. The number of aryl methyl sites for hydroxylation is 1. The van der Waals surface area contributed by atoms with Gasteiger partial charge in [-0.25, -0.2) is 0 Å². The molecular formula is C13H21NO2. The van der Waals surface area contributed by atoms with Gasteiger partial charge in [-0.2, -0.15) is 0 Å². The van der Waals surface area contributed by atoms with Crippen molar-refractivity contribution in [1.82, 2.24) is 0 Å². The first kappa shape index (κ1) is 13.0. The van der Waals surface area contributed by atoms with Gasteiger partial charge >= 0.3 is 0 Å². The van der Waals surface area contributed by atoms with Crippen LogP contribution < -0.4 is 10.5 Å². The van der Waals surface area contributed by atoms with E-state index in [-0.39, 0.29) is 6.04 Å². The Morgan fingerprint density at radius 1 is 1.31 bits per heavy atom. The number of nitrogens with two attached hydrogens (primary N) is 1. The molecule has 90 valence electrons. The second-order valence-corrected chi connectivity index (χ2v) is 4.01. The minimum absolute atomic E-state index is 0.0706. The van der Waals surface area contributed by atoms with Gasteiger partial charge in [-0.05, 0) is 31.0 Å². The summed E-state index contributed by atoms with van der Waals surface area (Å²) in [7, 11) is 1.70. The SMILES string of the molecule is COCCCOc1ccc([C@@H](C)N)cc1C. The highest BCUT2D eigenvalue weighted by Crippen LogP contribution is 2.21. The molecule has 0 fully saturated rings. The van der Waals surface area contributed by atoms with Gasteiger partial charge in [0.1, 0.15) is 5.75 Å². The number of ether oxygens (including phenoxy) is 2. The minimum Gasteiger partial charge on any atom is -0.493 e. The summed E-state index contributed by atoms with van der Waals surface area (Å²) in [5.41, 5.74) is 8.09. The Bertz CT molecular complexity index is 324. The van der Waals surface area contributed by atoms with Crippen LogP contribution in [0.4, 0.5) is 0 Å². The first-order valence-electron chi connectivity index (χ1n) is 5.63. The second-order valence-electron chi connectivity index (χ2n) is 4.01. The van der Waals surface area contributed by atoms with Crippen molar-refractivity contribution in [3.63, 3.8) is 0 Å². The van der Waals surface area contributed by atoms with E-state index in [4.69, 9.17) is 15.2 Å². The quantitative estimate of drug-likeness (QED) is 0.753. The predicted molar refractivity (Wildman–Crippen MR) is 65.8 cm³/mol. The maximum Gasteiger partial charge on any atom is 0.122 e.